The van der Waals surface area contributed by atoms with Crippen molar-refractivity contribution in [2.75, 3.05) is 0 Å². The van der Waals surface area contributed by atoms with Gasteiger partial charge in [-0.2, -0.15) is 0 Å². The summed E-state index contributed by atoms with van der Waals surface area (Å²) < 4.78 is 0. The highest BCUT2D eigenvalue weighted by Crippen LogP contribution is 2.35. The van der Waals surface area contributed by atoms with Crippen molar-refractivity contribution in [2.45, 2.75) is 0 Å². The minimum absolute atomic E-state index is 0.235. The SMILES string of the molecule is Oc1ccc(-c2nc(-c3ccc(-c4ccccc4)cc3)c(-c3ccc(-c4ccccc4)cc3)[nH]2)cc1. The van der Waals surface area contributed by atoms with Gasteiger partial charge in [0, 0.05) is 16.7 Å². The normalized spacial score (nSPS) is 10.9. The van der Waals surface area contributed by atoms with Crippen molar-refractivity contribution in [1.82, 2.24) is 9.97 Å². The van der Waals surface area contributed by atoms with Crippen LogP contribution >= 0.6 is 0 Å². The molecule has 0 amide bonds. The summed E-state index contributed by atoms with van der Waals surface area (Å²) in [5, 5.41) is 9.73. The molecule has 5 aromatic carbocycles. The van der Waals surface area contributed by atoms with Crippen LogP contribution in [0.25, 0.3) is 56.2 Å². The largest absolute Gasteiger partial charge is 0.508 e. The number of hydrogen-bond donors (Lipinski definition) is 2. The molecule has 36 heavy (non-hydrogen) atoms. The van der Waals surface area contributed by atoms with E-state index in [1.54, 1.807) is 12.1 Å². The number of nitrogens with zero attached hydrogens (tertiary/aromatic N) is 1. The minimum Gasteiger partial charge on any atom is -0.508 e. The molecule has 0 spiro atoms. The lowest BCUT2D eigenvalue weighted by Crippen LogP contribution is -1.85. The number of imidazole rings is 1. The number of phenols is 1. The molecule has 0 saturated heterocycles. The van der Waals surface area contributed by atoms with Crippen LogP contribution in [0.3, 0.4) is 0 Å². The first-order valence-electron chi connectivity index (χ1n) is 12.0. The topological polar surface area (TPSA) is 48.9 Å². The Morgan fingerprint density at radius 2 is 0.833 bits per heavy atom. The maximum Gasteiger partial charge on any atom is 0.138 e. The summed E-state index contributed by atoms with van der Waals surface area (Å²) >= 11 is 0. The monoisotopic (exact) mass is 464 g/mol. The van der Waals surface area contributed by atoms with Gasteiger partial charge in [-0.15, -0.1) is 0 Å². The first-order chi connectivity index (χ1) is 17.7. The molecule has 172 valence electrons. The van der Waals surface area contributed by atoms with Gasteiger partial charge < -0.3 is 10.1 Å². The third kappa shape index (κ3) is 4.30. The average molecular weight is 465 g/mol. The molecule has 3 heteroatoms. The third-order valence-corrected chi connectivity index (χ3v) is 6.39. The Labute approximate surface area is 210 Å². The van der Waals surface area contributed by atoms with E-state index in [9.17, 15) is 5.11 Å². The van der Waals surface area contributed by atoms with Crippen LogP contribution in [-0.4, -0.2) is 15.1 Å². The molecular formula is C33H24N2O. The maximum absolute atomic E-state index is 9.73. The number of aromatic nitrogens is 2. The standard InChI is InChI=1S/C33H24N2O/c36-30-21-19-29(20-22-30)33-34-31(27-15-11-25(12-16-27)23-7-3-1-4-8-23)32(35-33)28-17-13-26(14-18-28)24-9-5-2-6-10-24/h1-22,36H,(H,34,35). The van der Waals surface area contributed by atoms with Gasteiger partial charge in [-0.05, 0) is 46.5 Å². The summed E-state index contributed by atoms with van der Waals surface area (Å²) in [6, 6.07) is 45.0. The van der Waals surface area contributed by atoms with Crippen LogP contribution in [0.4, 0.5) is 0 Å². The third-order valence-electron chi connectivity index (χ3n) is 6.39. The Hall–Kier alpha value is -4.89. The van der Waals surface area contributed by atoms with Gasteiger partial charge in [-0.1, -0.05) is 109 Å². The van der Waals surface area contributed by atoms with E-state index in [0.29, 0.717) is 0 Å². The lowest BCUT2D eigenvalue weighted by Gasteiger charge is -2.07. The molecule has 6 aromatic rings. The summed E-state index contributed by atoms with van der Waals surface area (Å²) in [7, 11) is 0. The molecule has 0 saturated carbocycles. The number of benzene rings is 5. The van der Waals surface area contributed by atoms with Gasteiger partial charge in [0.2, 0.25) is 0 Å². The smallest absolute Gasteiger partial charge is 0.138 e. The fourth-order valence-electron chi connectivity index (χ4n) is 4.46. The number of rotatable bonds is 5. The zero-order chi connectivity index (χ0) is 24.3. The molecule has 0 aliphatic heterocycles. The molecule has 6 rings (SSSR count). The van der Waals surface area contributed by atoms with Crippen molar-refractivity contribution in [1.29, 1.82) is 0 Å². The summed E-state index contributed by atoms with van der Waals surface area (Å²) in [6.45, 7) is 0. The van der Waals surface area contributed by atoms with Crippen LogP contribution in [0.15, 0.2) is 133 Å². The number of H-pyrrole nitrogens is 1. The zero-order valence-electron chi connectivity index (χ0n) is 19.6. The van der Waals surface area contributed by atoms with Crippen LogP contribution < -0.4 is 0 Å². The Kier molecular flexibility index (Phi) is 5.65. The van der Waals surface area contributed by atoms with Gasteiger partial charge >= 0.3 is 0 Å². The van der Waals surface area contributed by atoms with E-state index in [0.717, 1.165) is 33.9 Å². The summed E-state index contributed by atoms with van der Waals surface area (Å²) in [5.74, 6) is 0.998. The van der Waals surface area contributed by atoms with Gasteiger partial charge in [0.05, 0.1) is 11.4 Å². The van der Waals surface area contributed by atoms with E-state index in [2.05, 4.69) is 102 Å². The molecule has 0 fully saturated rings. The molecule has 0 bridgehead atoms. The van der Waals surface area contributed by atoms with Gasteiger partial charge in [0.25, 0.3) is 0 Å². The van der Waals surface area contributed by atoms with E-state index < -0.39 is 0 Å². The van der Waals surface area contributed by atoms with Gasteiger partial charge in [-0.3, -0.25) is 0 Å². The fraction of sp³-hybridized carbons (Fsp3) is 0. The Morgan fingerprint density at radius 1 is 0.417 bits per heavy atom. The van der Waals surface area contributed by atoms with E-state index in [-0.39, 0.29) is 5.75 Å². The second kappa shape index (κ2) is 9.40. The van der Waals surface area contributed by atoms with Crippen LogP contribution in [-0.2, 0) is 0 Å². The van der Waals surface area contributed by atoms with E-state index in [1.807, 2.05) is 24.3 Å². The molecule has 3 nitrogen and oxygen atoms in total. The average Bonchev–Trinajstić information content (AvgIpc) is 3.40. The van der Waals surface area contributed by atoms with Crippen molar-refractivity contribution in [3.05, 3.63) is 133 Å². The second-order valence-electron chi connectivity index (χ2n) is 8.74. The minimum atomic E-state index is 0.235. The fourth-order valence-corrected chi connectivity index (χ4v) is 4.46. The van der Waals surface area contributed by atoms with Crippen LogP contribution in [0.2, 0.25) is 0 Å². The van der Waals surface area contributed by atoms with Crippen molar-refractivity contribution < 1.29 is 5.11 Å². The molecule has 0 aliphatic carbocycles. The zero-order valence-corrected chi connectivity index (χ0v) is 19.6. The molecule has 1 heterocycles. The highest BCUT2D eigenvalue weighted by molar-refractivity contribution is 5.83. The lowest BCUT2D eigenvalue weighted by atomic mass is 9.99. The van der Waals surface area contributed by atoms with Gasteiger partial charge in [-0.25, -0.2) is 4.98 Å². The predicted molar refractivity (Wildman–Crippen MR) is 147 cm³/mol. The molecular weight excluding hydrogens is 440 g/mol. The first-order valence-corrected chi connectivity index (χ1v) is 12.0. The van der Waals surface area contributed by atoms with Crippen LogP contribution in [0.5, 0.6) is 5.75 Å². The van der Waals surface area contributed by atoms with Crippen LogP contribution in [0, 0.1) is 0 Å². The molecule has 0 aliphatic rings. The molecule has 0 unspecified atom stereocenters. The van der Waals surface area contributed by atoms with Crippen molar-refractivity contribution >= 4 is 0 Å². The van der Waals surface area contributed by atoms with Crippen molar-refractivity contribution in [3.8, 4) is 61.9 Å². The van der Waals surface area contributed by atoms with E-state index in [4.69, 9.17) is 4.98 Å². The quantitative estimate of drug-likeness (QED) is 0.269. The second-order valence-corrected chi connectivity index (χ2v) is 8.74. The van der Waals surface area contributed by atoms with Gasteiger partial charge in [0.1, 0.15) is 11.6 Å². The van der Waals surface area contributed by atoms with E-state index >= 15 is 0 Å². The number of phenolic OH excluding ortho intramolecular Hbond substituents is 1. The maximum atomic E-state index is 9.73. The summed E-state index contributed by atoms with van der Waals surface area (Å²) in [4.78, 5) is 8.55. The summed E-state index contributed by atoms with van der Waals surface area (Å²) in [6.07, 6.45) is 0. The predicted octanol–water partition coefficient (Wildman–Crippen LogP) is 8.45. The molecule has 0 radical (unpaired) electrons. The number of aromatic amines is 1. The molecule has 0 atom stereocenters. The number of aromatic hydroxyl groups is 1. The Morgan fingerprint density at radius 3 is 1.36 bits per heavy atom. The highest BCUT2D eigenvalue weighted by Gasteiger charge is 2.16. The Bertz CT molecular complexity index is 1480. The lowest BCUT2D eigenvalue weighted by molar-refractivity contribution is 0.475. The highest BCUT2D eigenvalue weighted by atomic mass is 16.3. The number of nitrogens with one attached hydrogen (secondary N) is 1. The van der Waals surface area contributed by atoms with Crippen LogP contribution in [0.1, 0.15) is 0 Å². The van der Waals surface area contributed by atoms with Gasteiger partial charge in [0.15, 0.2) is 0 Å². The number of hydrogen-bond acceptors (Lipinski definition) is 2. The Balaban J connectivity index is 1.42. The summed E-state index contributed by atoms with van der Waals surface area (Å²) in [5.41, 5.74) is 9.60. The molecule has 2 N–H and O–H groups in total. The first kappa shape index (κ1) is 21.6. The molecule has 1 aromatic heterocycles. The van der Waals surface area contributed by atoms with E-state index in [1.165, 1.54) is 22.3 Å². The van der Waals surface area contributed by atoms with Crippen molar-refractivity contribution in [2.24, 2.45) is 0 Å². The van der Waals surface area contributed by atoms with Crippen molar-refractivity contribution in [3.63, 3.8) is 0 Å².